The van der Waals surface area contributed by atoms with Gasteiger partial charge in [-0.25, -0.2) is 0 Å². The van der Waals surface area contributed by atoms with Crippen molar-refractivity contribution in [2.45, 2.75) is 13.8 Å². The van der Waals surface area contributed by atoms with Gasteiger partial charge in [-0.15, -0.1) is 0 Å². The molecule has 0 radical (unpaired) electrons. The Hall–Kier alpha value is -1.78. The summed E-state index contributed by atoms with van der Waals surface area (Å²) in [5.74, 6) is -1.14. The van der Waals surface area contributed by atoms with Gasteiger partial charge < -0.3 is 10.2 Å². The first-order chi connectivity index (χ1) is 5.95. The number of hydrogen-bond donors (Lipinski definition) is 2. The van der Waals surface area contributed by atoms with Crippen LogP contribution in [0.5, 0.6) is 11.5 Å². The lowest BCUT2D eigenvalue weighted by Crippen LogP contribution is -1.94. The van der Waals surface area contributed by atoms with E-state index in [1.807, 2.05) is 0 Å². The van der Waals surface area contributed by atoms with E-state index < -0.39 is 22.1 Å². The van der Waals surface area contributed by atoms with Gasteiger partial charge in [0.2, 0.25) is 5.75 Å². The van der Waals surface area contributed by atoms with E-state index in [1.165, 1.54) is 13.0 Å². The van der Waals surface area contributed by atoms with Gasteiger partial charge in [-0.05, 0) is 25.5 Å². The Morgan fingerprint density at radius 2 is 1.92 bits per heavy atom. The highest BCUT2D eigenvalue weighted by Gasteiger charge is 2.22. The number of benzene rings is 1. The third-order valence-corrected chi connectivity index (χ3v) is 1.95. The smallest absolute Gasteiger partial charge is 0.317 e. The van der Waals surface area contributed by atoms with Crippen LogP contribution in [-0.4, -0.2) is 15.1 Å². The first-order valence-electron chi connectivity index (χ1n) is 3.61. The first kappa shape index (κ1) is 9.31. The van der Waals surface area contributed by atoms with Crippen LogP contribution in [0.25, 0.3) is 0 Å². The Labute approximate surface area is 74.4 Å². The lowest BCUT2D eigenvalue weighted by molar-refractivity contribution is -0.386. The number of phenolic OH excluding ortho intramolecular Hbond substituents is 2. The largest absolute Gasteiger partial charge is 0.504 e. The van der Waals surface area contributed by atoms with Crippen LogP contribution < -0.4 is 0 Å². The molecular formula is C8H9NO4. The summed E-state index contributed by atoms with van der Waals surface area (Å²) in [5.41, 5.74) is 0.500. The van der Waals surface area contributed by atoms with E-state index in [0.717, 1.165) is 0 Å². The molecule has 0 unspecified atom stereocenters. The maximum atomic E-state index is 10.5. The SMILES string of the molecule is Cc1cc(O)c(O)c([N+](=O)[O-])c1C. The quantitative estimate of drug-likeness (QED) is 0.393. The summed E-state index contributed by atoms with van der Waals surface area (Å²) >= 11 is 0. The molecule has 13 heavy (non-hydrogen) atoms. The molecule has 0 aliphatic carbocycles. The minimum Gasteiger partial charge on any atom is -0.504 e. The molecule has 0 aromatic heterocycles. The molecule has 1 rings (SSSR count). The van der Waals surface area contributed by atoms with Crippen molar-refractivity contribution in [3.05, 3.63) is 27.3 Å². The highest BCUT2D eigenvalue weighted by Crippen LogP contribution is 2.39. The molecule has 0 fully saturated rings. The maximum absolute atomic E-state index is 10.5. The number of nitro groups is 1. The van der Waals surface area contributed by atoms with Crippen molar-refractivity contribution in [3.8, 4) is 11.5 Å². The Morgan fingerprint density at radius 3 is 2.38 bits per heavy atom. The van der Waals surface area contributed by atoms with Gasteiger partial charge in [0.1, 0.15) is 0 Å². The molecule has 2 N–H and O–H groups in total. The van der Waals surface area contributed by atoms with Crippen LogP contribution >= 0.6 is 0 Å². The second kappa shape index (κ2) is 2.93. The minimum absolute atomic E-state index is 0.361. The maximum Gasteiger partial charge on any atom is 0.317 e. The fraction of sp³-hybridized carbons (Fsp3) is 0.250. The molecule has 5 nitrogen and oxygen atoms in total. The molecular weight excluding hydrogens is 174 g/mol. The van der Waals surface area contributed by atoms with Crippen LogP contribution in [-0.2, 0) is 0 Å². The Morgan fingerprint density at radius 1 is 1.38 bits per heavy atom. The van der Waals surface area contributed by atoms with Gasteiger partial charge in [-0.1, -0.05) is 0 Å². The number of rotatable bonds is 1. The first-order valence-corrected chi connectivity index (χ1v) is 3.61. The lowest BCUT2D eigenvalue weighted by Gasteiger charge is -2.04. The third kappa shape index (κ3) is 1.40. The molecule has 5 heteroatoms. The van der Waals surface area contributed by atoms with Crippen LogP contribution in [0, 0.1) is 24.0 Å². The summed E-state index contributed by atoms with van der Waals surface area (Å²) in [6.07, 6.45) is 0. The number of aromatic hydroxyl groups is 2. The average molecular weight is 183 g/mol. The summed E-state index contributed by atoms with van der Waals surface area (Å²) < 4.78 is 0. The molecule has 0 saturated heterocycles. The normalized spacial score (nSPS) is 10.0. The third-order valence-electron chi connectivity index (χ3n) is 1.95. The van der Waals surface area contributed by atoms with Gasteiger partial charge in [-0.2, -0.15) is 0 Å². The molecule has 0 atom stereocenters. The molecule has 0 spiro atoms. The van der Waals surface area contributed by atoms with Crippen molar-refractivity contribution < 1.29 is 15.1 Å². The van der Waals surface area contributed by atoms with Crippen molar-refractivity contribution in [1.82, 2.24) is 0 Å². The van der Waals surface area contributed by atoms with Crippen LogP contribution in [0.3, 0.4) is 0 Å². The summed E-state index contributed by atoms with van der Waals surface area (Å²) in [6.45, 7) is 3.15. The van der Waals surface area contributed by atoms with Crippen LogP contribution in [0.4, 0.5) is 5.69 Å². The van der Waals surface area contributed by atoms with Crippen LogP contribution in [0.1, 0.15) is 11.1 Å². The average Bonchev–Trinajstić information content (AvgIpc) is 2.01. The van der Waals surface area contributed by atoms with Crippen molar-refractivity contribution in [3.63, 3.8) is 0 Å². The molecule has 1 aromatic carbocycles. The number of hydrogen-bond acceptors (Lipinski definition) is 4. The summed E-state index contributed by atoms with van der Waals surface area (Å²) in [7, 11) is 0. The lowest BCUT2D eigenvalue weighted by atomic mass is 10.1. The number of phenols is 2. The molecule has 0 aliphatic heterocycles. The van der Waals surface area contributed by atoms with E-state index in [1.54, 1.807) is 6.92 Å². The predicted molar refractivity (Wildman–Crippen MR) is 45.9 cm³/mol. The highest BCUT2D eigenvalue weighted by molar-refractivity contribution is 5.61. The number of aryl methyl sites for hydroxylation is 1. The standard InChI is InChI=1S/C8H9NO4/c1-4-3-6(10)8(11)7(5(4)2)9(12)13/h3,10-11H,1-2H3. The van der Waals surface area contributed by atoms with Gasteiger partial charge >= 0.3 is 5.69 Å². The molecule has 1 aromatic rings. The van der Waals surface area contributed by atoms with Crippen molar-refractivity contribution >= 4 is 5.69 Å². The molecule has 0 amide bonds. The van der Waals surface area contributed by atoms with E-state index in [4.69, 9.17) is 5.11 Å². The minimum atomic E-state index is -0.711. The van der Waals surface area contributed by atoms with Crippen LogP contribution in [0.15, 0.2) is 6.07 Å². The zero-order chi connectivity index (χ0) is 10.2. The number of nitro benzene ring substituents is 1. The van der Waals surface area contributed by atoms with Gasteiger partial charge in [0.05, 0.1) is 4.92 Å². The predicted octanol–water partition coefficient (Wildman–Crippen LogP) is 1.62. The Kier molecular flexibility index (Phi) is 2.10. The topological polar surface area (TPSA) is 83.6 Å². The second-order valence-corrected chi connectivity index (χ2v) is 2.79. The number of nitrogens with zero attached hydrogens (tertiary/aromatic N) is 1. The molecule has 70 valence electrons. The highest BCUT2D eigenvalue weighted by atomic mass is 16.6. The summed E-state index contributed by atoms with van der Waals surface area (Å²) in [6, 6.07) is 1.29. The zero-order valence-electron chi connectivity index (χ0n) is 7.24. The molecule has 0 heterocycles. The zero-order valence-corrected chi connectivity index (χ0v) is 7.24. The second-order valence-electron chi connectivity index (χ2n) is 2.79. The molecule has 0 aliphatic rings. The van der Waals surface area contributed by atoms with Gasteiger partial charge in [0.25, 0.3) is 0 Å². The van der Waals surface area contributed by atoms with Gasteiger partial charge in [0.15, 0.2) is 5.75 Å². The van der Waals surface area contributed by atoms with Gasteiger partial charge in [-0.3, -0.25) is 10.1 Å². The van der Waals surface area contributed by atoms with E-state index >= 15 is 0 Å². The van der Waals surface area contributed by atoms with E-state index in [9.17, 15) is 15.2 Å². The van der Waals surface area contributed by atoms with Crippen molar-refractivity contribution in [2.75, 3.05) is 0 Å². The van der Waals surface area contributed by atoms with Gasteiger partial charge in [0, 0.05) is 5.56 Å². The Balaban J connectivity index is 3.56. The molecule has 0 saturated carbocycles. The van der Waals surface area contributed by atoms with Crippen molar-refractivity contribution in [2.24, 2.45) is 0 Å². The fourth-order valence-electron chi connectivity index (χ4n) is 1.09. The summed E-state index contributed by atoms with van der Waals surface area (Å²) in [4.78, 5) is 9.77. The van der Waals surface area contributed by atoms with E-state index in [-0.39, 0.29) is 0 Å². The van der Waals surface area contributed by atoms with Crippen molar-refractivity contribution in [1.29, 1.82) is 0 Å². The summed E-state index contributed by atoms with van der Waals surface area (Å²) in [5, 5.41) is 28.8. The fourth-order valence-corrected chi connectivity index (χ4v) is 1.09. The van der Waals surface area contributed by atoms with E-state index in [2.05, 4.69) is 0 Å². The van der Waals surface area contributed by atoms with Crippen LogP contribution in [0.2, 0.25) is 0 Å². The Bertz CT molecular complexity index is 347. The monoisotopic (exact) mass is 183 g/mol. The molecule has 0 bridgehead atoms. The van der Waals surface area contributed by atoms with E-state index in [0.29, 0.717) is 11.1 Å².